The van der Waals surface area contributed by atoms with Crippen molar-refractivity contribution in [2.75, 3.05) is 0 Å². The minimum Gasteiger partial charge on any atom is -0.0808 e. The van der Waals surface area contributed by atoms with Gasteiger partial charge in [-0.25, -0.2) is 0 Å². The summed E-state index contributed by atoms with van der Waals surface area (Å²) in [6.45, 7) is 0. The maximum atomic E-state index is 2.12. The van der Waals surface area contributed by atoms with Crippen LogP contribution in [0.4, 0.5) is 0 Å². The summed E-state index contributed by atoms with van der Waals surface area (Å²) in [7, 11) is 0. The van der Waals surface area contributed by atoms with Crippen LogP contribution < -0.4 is 0 Å². The van der Waals surface area contributed by atoms with Crippen molar-refractivity contribution in [3.8, 4) is 0 Å². The van der Waals surface area contributed by atoms with E-state index in [-0.39, 0.29) is 35.6 Å². The van der Waals surface area contributed by atoms with Gasteiger partial charge in [0.1, 0.15) is 0 Å². The molecule has 0 aromatic heterocycles. The molecular formula is C15H18La+3. The van der Waals surface area contributed by atoms with E-state index in [1.54, 1.807) is 0 Å². The molecule has 0 heterocycles. The molecule has 0 nitrogen and oxygen atoms in total. The van der Waals surface area contributed by atoms with Gasteiger partial charge in [0.05, 0.1) is 0 Å². The third kappa shape index (κ3) is 10.2. The van der Waals surface area contributed by atoms with E-state index < -0.39 is 0 Å². The molecule has 0 saturated carbocycles. The van der Waals surface area contributed by atoms with Crippen molar-refractivity contribution in [1.82, 2.24) is 0 Å². The van der Waals surface area contributed by atoms with Crippen LogP contribution in [0, 0.1) is 35.6 Å². The second kappa shape index (κ2) is 12.7. The summed E-state index contributed by atoms with van der Waals surface area (Å²) in [6, 6.07) is 0. The topological polar surface area (TPSA) is 0 Å². The fraction of sp³-hybridized carbons (Fsp3) is 0.200. The first-order chi connectivity index (χ1) is 7.50. The summed E-state index contributed by atoms with van der Waals surface area (Å²) in [6.07, 6.45) is 28.5. The van der Waals surface area contributed by atoms with Gasteiger partial charge in [-0.1, -0.05) is 72.9 Å². The Labute approximate surface area is 127 Å². The zero-order chi connectivity index (χ0) is 10.6. The van der Waals surface area contributed by atoms with Crippen LogP contribution in [-0.4, -0.2) is 0 Å². The zero-order valence-corrected chi connectivity index (χ0v) is 13.3. The molecule has 0 bridgehead atoms. The average molecular weight is 337 g/mol. The predicted molar refractivity (Wildman–Crippen MR) is 68.7 cm³/mol. The van der Waals surface area contributed by atoms with E-state index in [1.807, 2.05) is 0 Å². The van der Waals surface area contributed by atoms with Crippen molar-refractivity contribution >= 4 is 0 Å². The smallest absolute Gasteiger partial charge is 0.0808 e. The molecular weight excluding hydrogens is 319 g/mol. The fourth-order valence-electron chi connectivity index (χ4n) is 1.18. The summed E-state index contributed by atoms with van der Waals surface area (Å²) in [5, 5.41) is 0. The van der Waals surface area contributed by atoms with Crippen molar-refractivity contribution in [1.29, 1.82) is 0 Å². The van der Waals surface area contributed by atoms with E-state index in [2.05, 4.69) is 72.9 Å². The van der Waals surface area contributed by atoms with Gasteiger partial charge >= 0.3 is 35.6 Å². The van der Waals surface area contributed by atoms with Crippen molar-refractivity contribution in [2.24, 2.45) is 0 Å². The van der Waals surface area contributed by atoms with Gasteiger partial charge in [0.15, 0.2) is 0 Å². The van der Waals surface area contributed by atoms with Crippen molar-refractivity contribution in [2.45, 2.75) is 19.3 Å². The van der Waals surface area contributed by atoms with Crippen LogP contribution >= 0.6 is 0 Å². The Hall–Kier alpha value is -0.365. The van der Waals surface area contributed by atoms with E-state index in [9.17, 15) is 0 Å². The molecule has 0 saturated heterocycles. The van der Waals surface area contributed by atoms with E-state index in [0.717, 1.165) is 19.3 Å². The van der Waals surface area contributed by atoms with Crippen LogP contribution in [0.1, 0.15) is 19.3 Å². The molecule has 0 N–H and O–H groups in total. The molecule has 0 amide bonds. The van der Waals surface area contributed by atoms with Gasteiger partial charge in [0.2, 0.25) is 0 Å². The van der Waals surface area contributed by atoms with Crippen LogP contribution in [0.5, 0.6) is 0 Å². The van der Waals surface area contributed by atoms with Gasteiger partial charge in [-0.05, 0) is 19.3 Å². The molecule has 3 aliphatic carbocycles. The maximum Gasteiger partial charge on any atom is 3.00 e. The second-order valence-corrected chi connectivity index (χ2v) is 3.28. The van der Waals surface area contributed by atoms with Crippen molar-refractivity contribution in [3.05, 3.63) is 72.9 Å². The normalized spacial score (nSPS) is 16.5. The zero-order valence-electron chi connectivity index (χ0n) is 9.63. The van der Waals surface area contributed by atoms with Crippen LogP contribution in [0.3, 0.4) is 0 Å². The van der Waals surface area contributed by atoms with Crippen molar-refractivity contribution < 1.29 is 35.6 Å². The Morgan fingerprint density at radius 3 is 0.625 bits per heavy atom. The third-order valence-electron chi connectivity index (χ3n) is 1.97. The Morgan fingerprint density at radius 2 is 0.562 bits per heavy atom. The molecule has 78 valence electrons. The minimum absolute atomic E-state index is 0. The number of rotatable bonds is 0. The van der Waals surface area contributed by atoms with E-state index in [0.29, 0.717) is 0 Å². The molecule has 0 fully saturated rings. The van der Waals surface area contributed by atoms with Crippen LogP contribution in [0.15, 0.2) is 72.9 Å². The van der Waals surface area contributed by atoms with Gasteiger partial charge in [-0.3, -0.25) is 0 Å². The monoisotopic (exact) mass is 337 g/mol. The molecule has 1 heteroatoms. The first-order valence-corrected chi connectivity index (χ1v) is 5.45. The summed E-state index contributed by atoms with van der Waals surface area (Å²) in [5.41, 5.74) is 0. The first kappa shape index (κ1) is 15.6. The van der Waals surface area contributed by atoms with Crippen molar-refractivity contribution in [3.63, 3.8) is 0 Å². The van der Waals surface area contributed by atoms with E-state index >= 15 is 0 Å². The molecule has 0 spiro atoms. The molecule has 0 radical (unpaired) electrons. The standard InChI is InChI=1S/3C5H6.La/c3*1-2-4-5-3-1;/h3*1-4H,5H2;/q;;;+3. The van der Waals surface area contributed by atoms with Crippen LogP contribution in [0.2, 0.25) is 0 Å². The van der Waals surface area contributed by atoms with Crippen LogP contribution in [0.25, 0.3) is 0 Å². The summed E-state index contributed by atoms with van der Waals surface area (Å²) >= 11 is 0. The minimum atomic E-state index is 0. The third-order valence-corrected chi connectivity index (χ3v) is 1.97. The Morgan fingerprint density at radius 1 is 0.375 bits per heavy atom. The average Bonchev–Trinajstić information content (AvgIpc) is 3.09. The number of hydrogen-bond donors (Lipinski definition) is 0. The largest absolute Gasteiger partial charge is 3.00 e. The molecule has 0 aromatic carbocycles. The predicted octanol–water partition coefficient (Wildman–Crippen LogP) is 4.51. The number of hydrogen-bond acceptors (Lipinski definition) is 0. The van der Waals surface area contributed by atoms with E-state index in [4.69, 9.17) is 0 Å². The number of allylic oxidation sites excluding steroid dienone is 12. The quantitative estimate of drug-likeness (QED) is 0.610. The first-order valence-electron chi connectivity index (χ1n) is 5.45. The van der Waals surface area contributed by atoms with Gasteiger partial charge in [-0.2, -0.15) is 0 Å². The molecule has 3 rings (SSSR count). The summed E-state index contributed by atoms with van der Waals surface area (Å²) in [5.74, 6) is 0. The molecule has 16 heavy (non-hydrogen) atoms. The van der Waals surface area contributed by atoms with Gasteiger partial charge in [0, 0.05) is 0 Å². The van der Waals surface area contributed by atoms with Gasteiger partial charge < -0.3 is 0 Å². The maximum absolute atomic E-state index is 2.12. The van der Waals surface area contributed by atoms with Gasteiger partial charge in [-0.15, -0.1) is 0 Å². The molecule has 0 atom stereocenters. The molecule has 3 aliphatic rings. The van der Waals surface area contributed by atoms with Gasteiger partial charge in [0.25, 0.3) is 0 Å². The molecule has 0 unspecified atom stereocenters. The Bertz CT molecular complexity index is 232. The Balaban J connectivity index is 0.000000205. The second-order valence-electron chi connectivity index (χ2n) is 3.28. The summed E-state index contributed by atoms with van der Waals surface area (Å²) < 4.78 is 0. The SMILES string of the molecule is C1=CCC=C1.C1=CCC=C1.C1=CCC=C1.[La+3]. The molecule has 0 aliphatic heterocycles. The molecule has 0 aromatic rings. The fourth-order valence-corrected chi connectivity index (χ4v) is 1.18. The summed E-state index contributed by atoms with van der Waals surface area (Å²) in [4.78, 5) is 0. The van der Waals surface area contributed by atoms with Crippen LogP contribution in [-0.2, 0) is 0 Å². The van der Waals surface area contributed by atoms with E-state index in [1.165, 1.54) is 0 Å². The Kier molecular flexibility index (Phi) is 12.4.